The molecule has 2 nitrogen and oxygen atoms in total. The fourth-order valence-corrected chi connectivity index (χ4v) is 4.06. The number of carbonyl (C=O) groups excluding carboxylic acids is 2. The molecule has 0 bridgehead atoms. The van der Waals surface area contributed by atoms with Gasteiger partial charge in [0.05, 0.1) is 0 Å². The quantitative estimate of drug-likeness (QED) is 0.657. The normalized spacial score (nSPS) is 24.9. The number of thioether (sulfide) groups is 1. The zero-order valence-corrected chi connectivity index (χ0v) is 14.5. The van der Waals surface area contributed by atoms with Gasteiger partial charge in [0.2, 0.25) is 0 Å². The van der Waals surface area contributed by atoms with E-state index < -0.39 is 0 Å². The number of rotatable bonds is 6. The van der Waals surface area contributed by atoms with Crippen molar-refractivity contribution in [3.63, 3.8) is 0 Å². The van der Waals surface area contributed by atoms with Gasteiger partial charge in [-0.25, -0.2) is 0 Å². The number of Topliss-reactive ketones (excluding diaryl/α,β-unsaturated/α-hetero) is 1. The SMILES string of the molecule is CCCCCC1C(=O)CCC1C(C)C(=O)SC(C)(C)C. The number of hydrogen-bond donors (Lipinski definition) is 0. The lowest BCUT2D eigenvalue weighted by molar-refractivity contribution is -0.122. The highest BCUT2D eigenvalue weighted by Crippen LogP contribution is 2.40. The molecule has 0 radical (unpaired) electrons. The summed E-state index contributed by atoms with van der Waals surface area (Å²) in [6.45, 7) is 10.4. The first-order valence-electron chi connectivity index (χ1n) is 8.02. The molecule has 0 N–H and O–H groups in total. The molecule has 0 aromatic carbocycles. The largest absolute Gasteiger partial charge is 0.299 e. The number of unbranched alkanes of at least 4 members (excludes halogenated alkanes) is 2. The molecule has 0 aromatic heterocycles. The summed E-state index contributed by atoms with van der Waals surface area (Å²) in [5.74, 6) is 0.826. The number of carbonyl (C=O) groups is 2. The Morgan fingerprint density at radius 1 is 1.35 bits per heavy atom. The molecule has 0 heterocycles. The molecular weight excluding hydrogens is 268 g/mol. The highest BCUT2D eigenvalue weighted by molar-refractivity contribution is 8.14. The van der Waals surface area contributed by atoms with Crippen molar-refractivity contribution in [2.24, 2.45) is 17.8 Å². The summed E-state index contributed by atoms with van der Waals surface area (Å²) in [4.78, 5) is 24.5. The van der Waals surface area contributed by atoms with E-state index in [2.05, 4.69) is 27.7 Å². The smallest absolute Gasteiger partial charge is 0.192 e. The first-order chi connectivity index (χ1) is 9.26. The molecule has 1 aliphatic rings. The Labute approximate surface area is 128 Å². The molecule has 1 fully saturated rings. The second-order valence-electron chi connectivity index (χ2n) is 7.09. The van der Waals surface area contributed by atoms with Crippen LogP contribution in [0, 0.1) is 17.8 Å². The van der Waals surface area contributed by atoms with E-state index in [1.54, 1.807) is 0 Å². The minimum atomic E-state index is -0.0360. The molecule has 1 saturated carbocycles. The van der Waals surface area contributed by atoms with Crippen LogP contribution in [0.25, 0.3) is 0 Å². The van der Waals surface area contributed by atoms with Gasteiger partial charge in [-0.05, 0) is 18.8 Å². The van der Waals surface area contributed by atoms with E-state index in [9.17, 15) is 9.59 Å². The van der Waals surface area contributed by atoms with Gasteiger partial charge < -0.3 is 0 Å². The lowest BCUT2D eigenvalue weighted by Crippen LogP contribution is -2.27. The van der Waals surface area contributed by atoms with Crippen molar-refractivity contribution in [3.8, 4) is 0 Å². The van der Waals surface area contributed by atoms with Crippen LogP contribution >= 0.6 is 11.8 Å². The lowest BCUT2D eigenvalue weighted by Gasteiger charge is -2.26. The minimum absolute atomic E-state index is 0.0114. The Kier molecular flexibility index (Phi) is 6.77. The van der Waals surface area contributed by atoms with Crippen LogP contribution < -0.4 is 0 Å². The second-order valence-corrected chi connectivity index (χ2v) is 8.92. The second kappa shape index (κ2) is 7.63. The maximum Gasteiger partial charge on any atom is 0.192 e. The molecule has 0 amide bonds. The zero-order chi connectivity index (χ0) is 15.3. The monoisotopic (exact) mass is 298 g/mol. The summed E-state index contributed by atoms with van der Waals surface area (Å²) >= 11 is 1.43. The van der Waals surface area contributed by atoms with Crippen molar-refractivity contribution in [2.45, 2.75) is 77.9 Å². The molecule has 116 valence electrons. The van der Waals surface area contributed by atoms with Gasteiger partial charge in [0.25, 0.3) is 0 Å². The molecule has 0 aliphatic heterocycles. The van der Waals surface area contributed by atoms with Crippen LogP contribution in [-0.2, 0) is 9.59 Å². The van der Waals surface area contributed by atoms with Gasteiger partial charge >= 0.3 is 0 Å². The molecule has 1 rings (SSSR count). The van der Waals surface area contributed by atoms with E-state index >= 15 is 0 Å². The maximum absolute atomic E-state index is 12.4. The third-order valence-corrected chi connectivity index (χ3v) is 5.38. The van der Waals surface area contributed by atoms with Gasteiger partial charge in [-0.1, -0.05) is 65.6 Å². The standard InChI is InChI=1S/C17H30O2S/c1-6-7-8-9-14-13(10-11-15(14)18)12(2)16(19)20-17(3,4)5/h12-14H,6-11H2,1-5H3. The van der Waals surface area contributed by atoms with E-state index in [1.165, 1.54) is 24.6 Å². The van der Waals surface area contributed by atoms with E-state index in [-0.39, 0.29) is 27.6 Å². The molecule has 0 saturated heterocycles. The average Bonchev–Trinajstić information content (AvgIpc) is 2.68. The Bertz CT molecular complexity index is 343. The topological polar surface area (TPSA) is 34.1 Å². The molecule has 3 unspecified atom stereocenters. The average molecular weight is 298 g/mol. The number of ketones is 1. The van der Waals surface area contributed by atoms with Crippen molar-refractivity contribution in [3.05, 3.63) is 0 Å². The van der Waals surface area contributed by atoms with Gasteiger partial charge in [-0.3, -0.25) is 9.59 Å². The molecule has 3 atom stereocenters. The summed E-state index contributed by atoms with van der Waals surface area (Å²) in [5.41, 5.74) is 0. The van der Waals surface area contributed by atoms with Crippen molar-refractivity contribution in [1.82, 2.24) is 0 Å². The van der Waals surface area contributed by atoms with E-state index in [4.69, 9.17) is 0 Å². The third kappa shape index (κ3) is 5.23. The minimum Gasteiger partial charge on any atom is -0.299 e. The predicted molar refractivity (Wildman–Crippen MR) is 86.9 cm³/mol. The lowest BCUT2D eigenvalue weighted by atomic mass is 9.82. The Morgan fingerprint density at radius 3 is 2.55 bits per heavy atom. The van der Waals surface area contributed by atoms with Crippen LogP contribution in [0.5, 0.6) is 0 Å². The van der Waals surface area contributed by atoms with Crippen LogP contribution in [0.1, 0.15) is 73.1 Å². The van der Waals surface area contributed by atoms with Crippen LogP contribution in [0.15, 0.2) is 0 Å². The molecule has 3 heteroatoms. The van der Waals surface area contributed by atoms with Crippen molar-refractivity contribution in [1.29, 1.82) is 0 Å². The van der Waals surface area contributed by atoms with Crippen LogP contribution in [0.4, 0.5) is 0 Å². The highest BCUT2D eigenvalue weighted by Gasteiger charge is 2.40. The van der Waals surface area contributed by atoms with Gasteiger partial charge in [-0.15, -0.1) is 0 Å². The van der Waals surface area contributed by atoms with Crippen LogP contribution in [0.3, 0.4) is 0 Å². The van der Waals surface area contributed by atoms with Crippen molar-refractivity contribution >= 4 is 22.7 Å². The van der Waals surface area contributed by atoms with E-state index in [0.29, 0.717) is 12.2 Å². The first-order valence-corrected chi connectivity index (χ1v) is 8.83. The molecule has 0 spiro atoms. The summed E-state index contributed by atoms with van der Waals surface area (Å²) < 4.78 is -0.0360. The van der Waals surface area contributed by atoms with Crippen LogP contribution in [0.2, 0.25) is 0 Å². The van der Waals surface area contributed by atoms with Gasteiger partial charge in [0.15, 0.2) is 5.12 Å². The number of hydrogen-bond acceptors (Lipinski definition) is 3. The molecule has 0 aromatic rings. The van der Waals surface area contributed by atoms with Crippen LogP contribution in [-0.4, -0.2) is 15.6 Å². The van der Waals surface area contributed by atoms with Crippen molar-refractivity contribution in [2.75, 3.05) is 0 Å². The summed E-state index contributed by atoms with van der Waals surface area (Å²) in [5, 5.41) is 0.262. The Balaban J connectivity index is 2.62. The highest BCUT2D eigenvalue weighted by atomic mass is 32.2. The van der Waals surface area contributed by atoms with E-state index in [1.807, 2.05) is 6.92 Å². The third-order valence-electron chi connectivity index (χ3n) is 4.19. The predicted octanol–water partition coefficient (Wildman–Crippen LogP) is 4.86. The summed E-state index contributed by atoms with van der Waals surface area (Å²) in [7, 11) is 0. The Morgan fingerprint density at radius 2 is 2.00 bits per heavy atom. The van der Waals surface area contributed by atoms with Gasteiger partial charge in [0.1, 0.15) is 5.78 Å². The Hall–Kier alpha value is -0.310. The molecule has 20 heavy (non-hydrogen) atoms. The summed E-state index contributed by atoms with van der Waals surface area (Å²) in [6.07, 6.45) is 6.06. The van der Waals surface area contributed by atoms with Crippen molar-refractivity contribution < 1.29 is 9.59 Å². The maximum atomic E-state index is 12.4. The molecule has 1 aliphatic carbocycles. The molecular formula is C17H30O2S. The fraction of sp³-hybridized carbons (Fsp3) is 0.882. The first kappa shape index (κ1) is 17.7. The van der Waals surface area contributed by atoms with E-state index in [0.717, 1.165) is 19.3 Å². The van der Waals surface area contributed by atoms with Gasteiger partial charge in [-0.2, -0.15) is 0 Å². The summed E-state index contributed by atoms with van der Waals surface area (Å²) in [6, 6.07) is 0. The van der Waals surface area contributed by atoms with Gasteiger partial charge in [0, 0.05) is 23.0 Å². The zero-order valence-electron chi connectivity index (χ0n) is 13.7. The fourth-order valence-electron chi connectivity index (χ4n) is 3.09.